The van der Waals surface area contributed by atoms with Crippen molar-refractivity contribution in [3.63, 3.8) is 0 Å². The van der Waals surface area contributed by atoms with E-state index < -0.39 is 0 Å². The van der Waals surface area contributed by atoms with Crippen LogP contribution in [-0.2, 0) is 20.7 Å². The summed E-state index contributed by atoms with van der Waals surface area (Å²) < 4.78 is 6.27. The molecule has 0 unspecified atom stereocenters. The topological polar surface area (TPSA) is 125 Å². The van der Waals surface area contributed by atoms with Crippen molar-refractivity contribution in [2.24, 2.45) is 5.92 Å². The lowest BCUT2D eigenvalue weighted by molar-refractivity contribution is -0.139. The molecule has 5 rings (SSSR count). The molecular formula is C31H31Cl2N7O3. The highest BCUT2D eigenvalue weighted by atomic mass is 35.5. The average molecular weight is 621 g/mol. The number of tetrazole rings is 1. The molecule has 43 heavy (non-hydrogen) atoms. The maximum atomic E-state index is 13.3. The van der Waals surface area contributed by atoms with E-state index in [2.05, 4.69) is 31.0 Å². The summed E-state index contributed by atoms with van der Waals surface area (Å²) in [6.07, 6.45) is 11.3. The van der Waals surface area contributed by atoms with E-state index in [4.69, 9.17) is 27.9 Å². The highest BCUT2D eigenvalue weighted by Crippen LogP contribution is 2.34. The monoisotopic (exact) mass is 619 g/mol. The number of halogens is 2. The molecule has 12 heteroatoms. The fraction of sp³-hybridized carbons (Fsp3) is 0.323. The Bertz CT molecular complexity index is 1590. The van der Waals surface area contributed by atoms with Crippen molar-refractivity contribution in [1.82, 2.24) is 35.7 Å². The molecule has 0 radical (unpaired) electrons. The van der Waals surface area contributed by atoms with Crippen molar-refractivity contribution >= 4 is 41.2 Å². The summed E-state index contributed by atoms with van der Waals surface area (Å²) >= 11 is 12.7. The smallest absolute Gasteiger partial charge is 0.309 e. The molecular weight excluding hydrogens is 589 g/mol. The zero-order valence-corrected chi connectivity index (χ0v) is 25.1. The van der Waals surface area contributed by atoms with E-state index in [1.807, 2.05) is 30.3 Å². The molecule has 1 aliphatic carbocycles. The third-order valence-electron chi connectivity index (χ3n) is 7.58. The summed E-state index contributed by atoms with van der Waals surface area (Å²) in [4.78, 5) is 25.0. The van der Waals surface area contributed by atoms with E-state index in [-0.39, 0.29) is 29.5 Å². The molecule has 0 saturated heterocycles. The summed E-state index contributed by atoms with van der Waals surface area (Å²) in [5.74, 6) is -0.134. The van der Waals surface area contributed by atoms with Gasteiger partial charge in [-0.25, -0.2) is 0 Å². The maximum absolute atomic E-state index is 13.3. The number of nitrogens with one attached hydrogen (secondary N) is 1. The lowest BCUT2D eigenvalue weighted by Gasteiger charge is -2.26. The zero-order chi connectivity index (χ0) is 30.2. The average Bonchev–Trinajstić information content (AvgIpc) is 3.56. The van der Waals surface area contributed by atoms with E-state index in [1.165, 1.54) is 43.5 Å². The van der Waals surface area contributed by atoms with E-state index >= 15 is 0 Å². The highest BCUT2D eigenvalue weighted by Gasteiger charge is 2.24. The van der Waals surface area contributed by atoms with Crippen LogP contribution in [-0.4, -0.2) is 49.4 Å². The number of rotatable bonds is 10. The number of hydrogen-bond acceptors (Lipinski definition) is 8. The minimum Gasteiger partial charge on any atom is -0.469 e. The minimum atomic E-state index is -0.374. The third-order valence-corrected chi connectivity index (χ3v) is 8.09. The van der Waals surface area contributed by atoms with Crippen molar-refractivity contribution in [2.75, 3.05) is 7.11 Å². The number of methoxy groups -OCH3 is 1. The quantitative estimate of drug-likeness (QED) is 0.170. The molecule has 2 aromatic carbocycles. The Morgan fingerprint density at radius 3 is 2.58 bits per heavy atom. The first-order valence-corrected chi connectivity index (χ1v) is 14.9. The normalized spacial score (nSPS) is 14.5. The molecule has 1 aliphatic rings. The molecule has 1 atom stereocenters. The molecule has 222 valence electrons. The summed E-state index contributed by atoms with van der Waals surface area (Å²) in [6.45, 7) is 0. The second-order valence-corrected chi connectivity index (χ2v) is 11.3. The molecule has 0 aliphatic heterocycles. The van der Waals surface area contributed by atoms with Gasteiger partial charge in [-0.15, -0.1) is 10.2 Å². The Labute approximate surface area is 259 Å². The zero-order valence-electron chi connectivity index (χ0n) is 23.6. The second kappa shape index (κ2) is 14.3. The van der Waals surface area contributed by atoms with Crippen LogP contribution < -0.4 is 5.32 Å². The van der Waals surface area contributed by atoms with Gasteiger partial charge in [-0.2, -0.15) is 9.78 Å². The number of aromatic nitrogens is 6. The van der Waals surface area contributed by atoms with Gasteiger partial charge in [0.15, 0.2) is 5.15 Å². The molecule has 0 spiro atoms. The number of hydrogen-bond donors (Lipinski definition) is 1. The summed E-state index contributed by atoms with van der Waals surface area (Å²) in [6, 6.07) is 14.3. The first-order valence-electron chi connectivity index (χ1n) is 14.1. The second-order valence-electron chi connectivity index (χ2n) is 10.5. The van der Waals surface area contributed by atoms with Crippen LogP contribution in [0.2, 0.25) is 10.2 Å². The van der Waals surface area contributed by atoms with E-state index in [1.54, 1.807) is 24.3 Å². The fourth-order valence-electron chi connectivity index (χ4n) is 5.34. The maximum Gasteiger partial charge on any atom is 0.309 e. The van der Waals surface area contributed by atoms with E-state index in [0.29, 0.717) is 33.4 Å². The predicted molar refractivity (Wildman–Crippen MR) is 163 cm³/mol. The molecule has 1 fully saturated rings. The van der Waals surface area contributed by atoms with Gasteiger partial charge in [0.1, 0.15) is 6.33 Å². The lowest BCUT2D eigenvalue weighted by Crippen LogP contribution is -2.30. The van der Waals surface area contributed by atoms with Crippen LogP contribution in [0.4, 0.5) is 0 Å². The van der Waals surface area contributed by atoms with Crippen molar-refractivity contribution in [3.8, 4) is 16.8 Å². The predicted octanol–water partition coefficient (Wildman–Crippen LogP) is 5.98. The van der Waals surface area contributed by atoms with Crippen LogP contribution in [0.1, 0.15) is 61.4 Å². The van der Waals surface area contributed by atoms with E-state index in [0.717, 1.165) is 30.4 Å². The largest absolute Gasteiger partial charge is 0.469 e. The molecule has 10 nitrogen and oxygen atoms in total. The Morgan fingerprint density at radius 1 is 1.07 bits per heavy atom. The first kappa shape index (κ1) is 30.3. The van der Waals surface area contributed by atoms with Gasteiger partial charge in [0.05, 0.1) is 31.0 Å². The Kier molecular flexibility index (Phi) is 10.1. The number of ether oxygens (including phenoxy) is 1. The lowest BCUT2D eigenvalue weighted by atomic mass is 9.84. The fourth-order valence-corrected chi connectivity index (χ4v) is 5.72. The number of esters is 1. The number of benzene rings is 2. The first-order chi connectivity index (χ1) is 20.9. The van der Waals surface area contributed by atoms with Gasteiger partial charge in [-0.3, -0.25) is 9.59 Å². The van der Waals surface area contributed by atoms with Gasteiger partial charge in [0.25, 0.3) is 0 Å². The van der Waals surface area contributed by atoms with Crippen molar-refractivity contribution in [1.29, 1.82) is 0 Å². The van der Waals surface area contributed by atoms with Gasteiger partial charge in [-0.05, 0) is 64.2 Å². The molecule has 2 heterocycles. The van der Waals surface area contributed by atoms with Gasteiger partial charge in [-0.1, -0.05) is 79.6 Å². The summed E-state index contributed by atoms with van der Waals surface area (Å²) in [7, 11) is 1.37. The van der Waals surface area contributed by atoms with Crippen molar-refractivity contribution < 1.29 is 14.3 Å². The van der Waals surface area contributed by atoms with Gasteiger partial charge in [0.2, 0.25) is 5.91 Å². The summed E-state index contributed by atoms with van der Waals surface area (Å²) in [5, 5.41) is 23.9. The molecule has 0 bridgehead atoms. The van der Waals surface area contributed by atoms with Crippen LogP contribution in [0.15, 0.2) is 60.9 Å². The molecule has 1 saturated carbocycles. The van der Waals surface area contributed by atoms with Crippen LogP contribution in [0.5, 0.6) is 0 Å². The molecule has 4 aromatic rings. The van der Waals surface area contributed by atoms with Crippen LogP contribution in [0.25, 0.3) is 22.9 Å². The van der Waals surface area contributed by atoms with Crippen molar-refractivity contribution in [3.05, 3.63) is 87.9 Å². The standard InChI is InChI=1S/C31H31Cl2N7O3/c1-43-30(42)16-21-7-9-22(10-8-21)25-18-27(36-37-31(25)33)26(15-20-5-3-2-4-6-20)35-29(41)14-11-23-17-24(32)12-13-28(23)40-19-34-38-39-40/h7-14,17-20,26H,2-6,15-16H2,1H3,(H,35,41)/b14-11+/t26-/m0/s1. The molecule has 1 N–H and O–H groups in total. The highest BCUT2D eigenvalue weighted by molar-refractivity contribution is 6.32. The Morgan fingerprint density at radius 2 is 1.86 bits per heavy atom. The van der Waals surface area contributed by atoms with Crippen LogP contribution in [0.3, 0.4) is 0 Å². The molecule has 1 amide bonds. The number of carbonyl (C=O) groups excluding carboxylic acids is 2. The SMILES string of the molecule is COC(=O)Cc1ccc(-c2cc([C@H](CC3CCCCC3)NC(=O)/C=C/c3cc(Cl)ccc3-n3cnnn3)nnc2Cl)cc1. The number of amides is 1. The van der Waals surface area contributed by atoms with Crippen molar-refractivity contribution in [2.45, 2.75) is 51.0 Å². The Balaban J connectivity index is 1.39. The minimum absolute atomic E-state index is 0.180. The van der Waals surface area contributed by atoms with Gasteiger partial charge in [0, 0.05) is 22.2 Å². The van der Waals surface area contributed by atoms with Crippen LogP contribution in [0, 0.1) is 5.92 Å². The van der Waals surface area contributed by atoms with Gasteiger partial charge < -0.3 is 10.1 Å². The Hall–Kier alpha value is -4.15. The third kappa shape index (κ3) is 8.03. The van der Waals surface area contributed by atoms with E-state index in [9.17, 15) is 9.59 Å². The number of nitrogens with zero attached hydrogens (tertiary/aromatic N) is 6. The van der Waals surface area contributed by atoms with Crippen LogP contribution >= 0.6 is 23.2 Å². The number of carbonyl (C=O) groups is 2. The van der Waals surface area contributed by atoms with Gasteiger partial charge >= 0.3 is 5.97 Å². The summed E-state index contributed by atoms with van der Waals surface area (Å²) in [5.41, 5.74) is 4.34. The molecule has 2 aromatic heterocycles.